The molecule has 0 aromatic carbocycles. The van der Waals surface area contributed by atoms with Crippen LogP contribution in [0, 0.1) is 29.4 Å². The largest absolute Gasteiger partial charge is 4.00 e. The second-order valence-electron chi connectivity index (χ2n) is 0.490. The third kappa shape index (κ3) is 6710. The van der Waals surface area contributed by atoms with E-state index in [9.17, 15) is 0 Å². The molecule has 6 N–H and O–H groups in total. The molecule has 0 saturated heterocycles. The van der Waals surface area contributed by atoms with Crippen molar-refractivity contribution in [2.45, 2.75) is 0 Å². The predicted octanol–water partition coefficient (Wildman–Crippen LogP) is -5.14. The number of nitrogens with zero attached hydrogens (tertiary/aromatic N) is 6. The SMILES string of the molecule is O=NO.O=NO.O=NO.O=NO.O=NO.O=NO.[Na+].[Na+].[Pt+4]. The zero-order valence-electron chi connectivity index (χ0n) is 10.1. The smallest absolute Gasteiger partial charge is 0.379 e. The van der Waals surface area contributed by atoms with Crippen LogP contribution in [-0.4, -0.2) is 31.2 Å². The Morgan fingerprint density at radius 3 is 0.381 bits per heavy atom. The Kier molecular flexibility index (Phi) is 684. The summed E-state index contributed by atoms with van der Waals surface area (Å²) in [4.78, 5) is 48.7. The van der Waals surface area contributed by atoms with Crippen LogP contribution in [0.2, 0.25) is 0 Å². The van der Waals surface area contributed by atoms with Gasteiger partial charge in [0.1, 0.15) is 0 Å². The summed E-state index contributed by atoms with van der Waals surface area (Å²) in [6.07, 6.45) is 0. The Morgan fingerprint density at radius 2 is 0.381 bits per heavy atom. The van der Waals surface area contributed by atoms with Crippen LogP contribution < -0.4 is 59.1 Å². The van der Waals surface area contributed by atoms with Crippen molar-refractivity contribution in [3.8, 4) is 0 Å². The summed E-state index contributed by atoms with van der Waals surface area (Å²) in [6.45, 7) is 0. The minimum atomic E-state index is 0. The molecule has 0 saturated carbocycles. The van der Waals surface area contributed by atoms with Crippen LogP contribution >= 0.6 is 0 Å². The van der Waals surface area contributed by atoms with Gasteiger partial charge in [0.25, 0.3) is 0 Å². The summed E-state index contributed by atoms with van der Waals surface area (Å²) in [7, 11) is 0. The zero-order valence-corrected chi connectivity index (χ0v) is 16.4. The first-order valence-corrected chi connectivity index (χ1v) is 2.30. The van der Waals surface area contributed by atoms with E-state index < -0.39 is 0 Å². The van der Waals surface area contributed by atoms with Gasteiger partial charge in [-0.1, -0.05) is 0 Å². The molecule has 0 amide bonds. The van der Waals surface area contributed by atoms with Crippen molar-refractivity contribution in [1.82, 2.24) is 0 Å². The summed E-state index contributed by atoms with van der Waals surface area (Å²) in [6, 6.07) is 0. The summed E-state index contributed by atoms with van der Waals surface area (Å²) in [5.74, 6) is 0. The third-order valence-corrected chi connectivity index (χ3v) is 0. The van der Waals surface area contributed by atoms with Crippen LogP contribution in [0.3, 0.4) is 0 Å². The first kappa shape index (κ1) is 59.5. The van der Waals surface area contributed by atoms with E-state index in [1.54, 1.807) is 0 Å². The molecule has 0 aromatic heterocycles. The van der Waals surface area contributed by atoms with Crippen LogP contribution in [0.5, 0.6) is 0 Å². The second-order valence-corrected chi connectivity index (χ2v) is 0.490. The molecule has 0 aliphatic heterocycles. The summed E-state index contributed by atoms with van der Waals surface area (Å²) >= 11 is 0. The van der Waals surface area contributed by atoms with E-state index >= 15 is 0 Å². The average molecular weight is 523 g/mol. The van der Waals surface area contributed by atoms with E-state index in [1.807, 2.05) is 0 Å². The van der Waals surface area contributed by atoms with Gasteiger partial charge in [-0.15, -0.1) is 29.4 Å². The van der Waals surface area contributed by atoms with Crippen molar-refractivity contribution in [2.75, 3.05) is 0 Å². The molecule has 0 rings (SSSR count). The second kappa shape index (κ2) is 241. The fourth-order valence-corrected chi connectivity index (χ4v) is 0. The molecule has 0 aliphatic carbocycles. The van der Waals surface area contributed by atoms with E-state index in [0.29, 0.717) is 0 Å². The van der Waals surface area contributed by atoms with Gasteiger partial charge in [0.15, 0.2) is 32.0 Å². The number of rotatable bonds is 0. The minimum Gasteiger partial charge on any atom is -0.379 e. The van der Waals surface area contributed by atoms with Crippen molar-refractivity contribution >= 4 is 0 Å². The van der Waals surface area contributed by atoms with Crippen molar-refractivity contribution in [1.29, 1.82) is 0 Å². The fraction of sp³-hybridized carbons (Fsp3) is 0. The van der Waals surface area contributed by atoms with Gasteiger partial charge in [-0.05, 0) is 0 Å². The molecule has 0 atom stereocenters. The third-order valence-electron chi connectivity index (χ3n) is 0. The van der Waals surface area contributed by atoms with Crippen molar-refractivity contribution < 1.29 is 111 Å². The van der Waals surface area contributed by atoms with Crippen LogP contribution in [0.15, 0.2) is 32.0 Å². The maximum atomic E-state index is 8.11. The monoisotopic (exact) mass is 523 g/mol. The number of hydrogen-bond acceptors (Lipinski definition) is 12. The Hall–Kier alpha value is -0.912. The molecule has 0 radical (unpaired) electrons. The van der Waals surface area contributed by atoms with Gasteiger partial charge in [0.05, 0.1) is 0 Å². The Labute approximate surface area is 171 Å². The molecule has 114 valence electrons. The molecule has 0 aliphatic rings. The normalized spacial score (nSPS) is 3.43. The minimum absolute atomic E-state index is 0. The van der Waals surface area contributed by atoms with Crippen LogP contribution in [-0.2, 0) is 21.1 Å². The molecule has 0 heterocycles. The summed E-state index contributed by atoms with van der Waals surface area (Å²) < 4.78 is 0. The quantitative estimate of drug-likeness (QED) is 0.0987. The molecule has 0 bridgehead atoms. The number of hydrogen-bond donors (Lipinski definition) is 6. The van der Waals surface area contributed by atoms with Crippen LogP contribution in [0.25, 0.3) is 0 Å². The van der Waals surface area contributed by atoms with Crippen LogP contribution in [0.4, 0.5) is 0 Å². The molecule has 21 heteroatoms. The standard InChI is InChI=1S/6HNO2.2Na.Pt/c6*2-1-3;;;/h6*(H,2,3);;;/q;;;;;;2*+1;+4. The summed E-state index contributed by atoms with van der Waals surface area (Å²) in [5.41, 5.74) is 0. The van der Waals surface area contributed by atoms with E-state index in [2.05, 4.69) is 0 Å². The van der Waals surface area contributed by atoms with Gasteiger partial charge >= 0.3 is 80.2 Å². The molecule has 0 fully saturated rings. The maximum absolute atomic E-state index is 8.11. The average Bonchev–Trinajstić information content (AvgIpc) is 2.23. The van der Waals surface area contributed by atoms with Crippen molar-refractivity contribution in [2.24, 2.45) is 32.0 Å². The van der Waals surface area contributed by atoms with E-state index in [4.69, 9.17) is 60.7 Å². The molecule has 0 aromatic rings. The van der Waals surface area contributed by atoms with Crippen molar-refractivity contribution in [3.05, 3.63) is 29.4 Å². The Morgan fingerprint density at radius 1 is 0.381 bits per heavy atom. The molecule has 21 heavy (non-hydrogen) atoms. The fourth-order valence-electron chi connectivity index (χ4n) is 0. The maximum Gasteiger partial charge on any atom is 4.00 e. The van der Waals surface area contributed by atoms with Gasteiger partial charge in [0, 0.05) is 0 Å². The molecule has 0 spiro atoms. The molecule has 0 unspecified atom stereocenters. The van der Waals surface area contributed by atoms with Gasteiger partial charge < -0.3 is 31.2 Å². The predicted molar refractivity (Wildman–Crippen MR) is 45.5 cm³/mol. The van der Waals surface area contributed by atoms with Crippen molar-refractivity contribution in [3.63, 3.8) is 0 Å². The first-order chi connectivity index (χ1) is 8.49. The first-order valence-electron chi connectivity index (χ1n) is 2.30. The van der Waals surface area contributed by atoms with E-state index in [-0.39, 0.29) is 80.2 Å². The van der Waals surface area contributed by atoms with Gasteiger partial charge in [-0.2, -0.15) is 0 Å². The topological polar surface area (TPSA) is 298 Å². The molecule has 18 nitrogen and oxygen atoms in total. The van der Waals surface area contributed by atoms with Gasteiger partial charge in [0.2, 0.25) is 0 Å². The molecular formula is H6N6Na2O12Pt+6. The van der Waals surface area contributed by atoms with Gasteiger partial charge in [-0.3, -0.25) is 0 Å². The Bertz CT molecular complexity index is 123. The van der Waals surface area contributed by atoms with E-state index in [1.165, 1.54) is 32.0 Å². The van der Waals surface area contributed by atoms with Gasteiger partial charge in [-0.25, -0.2) is 0 Å². The Balaban J connectivity index is -0.0000000114. The van der Waals surface area contributed by atoms with Crippen LogP contribution in [0.1, 0.15) is 0 Å². The summed E-state index contributed by atoms with van der Waals surface area (Å²) in [5, 5.41) is 47.3. The molecular weight excluding hydrogens is 517 g/mol. The zero-order chi connectivity index (χ0) is 16.2. The van der Waals surface area contributed by atoms with E-state index in [0.717, 1.165) is 0 Å².